The number of piperidine rings is 1. The Bertz CT molecular complexity index is 1500. The molecule has 2 aromatic rings. The van der Waals surface area contributed by atoms with Gasteiger partial charge >= 0.3 is 0 Å². The molecule has 216 valence electrons. The van der Waals surface area contributed by atoms with Crippen LogP contribution in [-0.2, 0) is 30.3 Å². The molecule has 0 aliphatic carbocycles. The number of morpholine rings is 1. The van der Waals surface area contributed by atoms with E-state index in [1.807, 2.05) is 6.07 Å². The molecule has 2 aromatic carbocycles. The molecule has 0 saturated carbocycles. The average molecular weight is 575 g/mol. The van der Waals surface area contributed by atoms with Crippen molar-refractivity contribution in [2.45, 2.75) is 33.1 Å². The minimum Gasteiger partial charge on any atom is -0.394 e. The highest BCUT2D eigenvalue weighted by molar-refractivity contribution is 6.45. The summed E-state index contributed by atoms with van der Waals surface area (Å²) in [4.78, 5) is 43.3. The number of rotatable bonds is 6. The predicted octanol–water partition coefficient (Wildman–Crippen LogP) is -8.62. The molecule has 4 N–H and O–H groups in total. The van der Waals surface area contributed by atoms with Crippen molar-refractivity contribution in [2.24, 2.45) is 0 Å². The Morgan fingerprint density at radius 1 is 0.930 bits per heavy atom. The van der Waals surface area contributed by atoms with Gasteiger partial charge < -0.3 is 30.1 Å². The Morgan fingerprint density at radius 3 is 2.19 bits per heavy atom. The van der Waals surface area contributed by atoms with Gasteiger partial charge in [0.05, 0.1) is 18.7 Å². The van der Waals surface area contributed by atoms with Crippen LogP contribution in [0.2, 0.25) is 0 Å². The molecule has 0 aromatic heterocycles. The molecule has 3 unspecified atom stereocenters. The Balaban J connectivity index is 1.50. The lowest BCUT2D eigenvalue weighted by Gasteiger charge is -2.52. The van der Waals surface area contributed by atoms with Crippen molar-refractivity contribution in [3.63, 3.8) is 0 Å². The minimum atomic E-state index is -2.31. The molecule has 3 amide bonds. The zero-order valence-corrected chi connectivity index (χ0v) is 26.4. The number of aliphatic hydroxyl groups is 2. The Kier molecular flexibility index (Phi) is 7.65. The number of anilines is 1. The summed E-state index contributed by atoms with van der Waals surface area (Å²) in [6.45, 7) is 3.16. The number of benzene rings is 2. The fourth-order valence-corrected chi connectivity index (χ4v) is 6.86. The number of imide groups is 1. The van der Waals surface area contributed by atoms with Crippen LogP contribution in [0.1, 0.15) is 27.0 Å². The SMILES string of the molecule is BC(B)(Nc1cccc2c1C(B)(B)N(C1C(=O)NC(=O)C(B)(O)C1(B)O)C2=O)c1cccc(C(B)(B)N2CCOCC2)c1. The molecule has 43 heavy (non-hydrogen) atoms. The number of amides is 3. The molecule has 3 aliphatic rings. The summed E-state index contributed by atoms with van der Waals surface area (Å²) in [6, 6.07) is 12.4. The van der Waals surface area contributed by atoms with Gasteiger partial charge in [-0.15, -0.1) is 0 Å². The first-order valence-corrected chi connectivity index (χ1v) is 14.8. The molecule has 3 heterocycles. The van der Waals surface area contributed by atoms with Crippen molar-refractivity contribution >= 4 is 86.2 Å². The van der Waals surface area contributed by atoms with Crippen LogP contribution in [0.25, 0.3) is 0 Å². The van der Waals surface area contributed by atoms with Gasteiger partial charge in [0.1, 0.15) is 66.5 Å². The van der Waals surface area contributed by atoms with Crippen LogP contribution in [0.3, 0.4) is 0 Å². The third-order valence-corrected chi connectivity index (χ3v) is 9.97. The molecule has 3 aliphatic heterocycles. The summed E-state index contributed by atoms with van der Waals surface area (Å²) in [5.74, 6) is -2.32. The predicted molar refractivity (Wildman–Crippen MR) is 185 cm³/mol. The van der Waals surface area contributed by atoms with E-state index in [2.05, 4.69) is 71.2 Å². The molecule has 10 nitrogen and oxygen atoms in total. The van der Waals surface area contributed by atoms with Crippen LogP contribution in [0, 0.1) is 0 Å². The Hall–Kier alpha value is -2.79. The maximum atomic E-state index is 14.0. The first kappa shape index (κ1) is 31.6. The maximum Gasteiger partial charge on any atom is 0.254 e. The zero-order valence-electron chi connectivity index (χ0n) is 26.4. The van der Waals surface area contributed by atoms with Crippen LogP contribution in [-0.4, -0.2) is 144 Å². The normalized spacial score (nSPS) is 27.9. The van der Waals surface area contributed by atoms with Gasteiger partial charge in [0, 0.05) is 29.7 Å². The topological polar surface area (TPSA) is 131 Å². The van der Waals surface area contributed by atoms with E-state index in [0.717, 1.165) is 26.5 Å². The smallest absolute Gasteiger partial charge is 0.254 e. The van der Waals surface area contributed by atoms with Gasteiger partial charge in [-0.1, -0.05) is 30.3 Å². The Labute approximate surface area is 259 Å². The van der Waals surface area contributed by atoms with E-state index in [4.69, 9.17) is 4.74 Å². The molecular formula is C25H36B8N4O6. The molecular weight excluding hydrogens is 539 g/mol. The fraction of sp³-hybridized carbons (Fsp3) is 0.400. The molecule has 18 heteroatoms. The second kappa shape index (κ2) is 10.4. The number of carbonyl (C=O) groups excluding carboxylic acids is 3. The minimum absolute atomic E-state index is 0.196. The number of nitrogens with one attached hydrogen (secondary N) is 2. The molecule has 0 radical (unpaired) electrons. The van der Waals surface area contributed by atoms with Gasteiger partial charge in [-0.2, -0.15) is 0 Å². The van der Waals surface area contributed by atoms with Crippen LogP contribution in [0.5, 0.6) is 0 Å². The van der Waals surface area contributed by atoms with Gasteiger partial charge in [-0.3, -0.25) is 19.7 Å². The second-order valence-corrected chi connectivity index (χ2v) is 13.9. The van der Waals surface area contributed by atoms with E-state index in [1.54, 1.807) is 27.8 Å². The van der Waals surface area contributed by atoms with E-state index >= 15 is 0 Å². The molecule has 2 fully saturated rings. The lowest BCUT2D eigenvalue weighted by Crippen LogP contribution is -2.81. The van der Waals surface area contributed by atoms with Crippen molar-refractivity contribution in [2.75, 3.05) is 31.6 Å². The number of hydrogen-bond donors (Lipinski definition) is 4. The molecule has 3 atom stereocenters. The van der Waals surface area contributed by atoms with Crippen molar-refractivity contribution in [1.29, 1.82) is 0 Å². The third-order valence-electron chi connectivity index (χ3n) is 9.97. The first-order chi connectivity index (χ1) is 19.8. The fourth-order valence-electron chi connectivity index (χ4n) is 6.86. The van der Waals surface area contributed by atoms with Gasteiger partial charge in [0.15, 0.2) is 7.85 Å². The summed E-state index contributed by atoms with van der Waals surface area (Å²) in [5.41, 5.74) is -0.547. The average Bonchev–Trinajstić information content (AvgIpc) is 3.14. The highest BCUT2D eigenvalue weighted by Crippen LogP contribution is 2.45. The number of carbonyl (C=O) groups is 3. The molecule has 2 saturated heterocycles. The van der Waals surface area contributed by atoms with Gasteiger partial charge in [-0.05, 0) is 39.5 Å². The number of fused-ring (bicyclic) bond motifs is 1. The zero-order chi connectivity index (χ0) is 31.8. The summed E-state index contributed by atoms with van der Waals surface area (Å²) in [6.07, 6.45) is 0. The molecule has 0 spiro atoms. The monoisotopic (exact) mass is 576 g/mol. The maximum absolute atomic E-state index is 14.0. The van der Waals surface area contributed by atoms with Crippen LogP contribution in [0.15, 0.2) is 42.5 Å². The first-order valence-electron chi connectivity index (χ1n) is 14.8. The number of hydrogen-bond acceptors (Lipinski definition) is 8. The highest BCUT2D eigenvalue weighted by atomic mass is 16.5. The van der Waals surface area contributed by atoms with Gasteiger partial charge in [0.25, 0.3) is 17.7 Å². The number of nitrogens with zero attached hydrogens (tertiary/aromatic N) is 2. The van der Waals surface area contributed by atoms with Crippen molar-refractivity contribution in [3.8, 4) is 0 Å². The molecule has 0 bridgehead atoms. The lowest BCUT2D eigenvalue weighted by atomic mass is 9.51. The van der Waals surface area contributed by atoms with Crippen LogP contribution < -0.4 is 10.6 Å². The van der Waals surface area contributed by atoms with E-state index < -0.39 is 45.4 Å². The number of ether oxygens (including phenoxy) is 1. The van der Waals surface area contributed by atoms with E-state index in [0.29, 0.717) is 30.0 Å². The Morgan fingerprint density at radius 2 is 1.53 bits per heavy atom. The van der Waals surface area contributed by atoms with Crippen molar-refractivity contribution < 1.29 is 29.3 Å². The summed E-state index contributed by atoms with van der Waals surface area (Å²) >= 11 is 0. The summed E-state index contributed by atoms with van der Waals surface area (Å²) in [7, 11) is 14.6. The van der Waals surface area contributed by atoms with E-state index in [9.17, 15) is 24.6 Å². The lowest BCUT2D eigenvalue weighted by molar-refractivity contribution is -0.168. The van der Waals surface area contributed by atoms with Crippen LogP contribution >= 0.6 is 0 Å². The van der Waals surface area contributed by atoms with Gasteiger partial charge in [0.2, 0.25) is 0 Å². The van der Waals surface area contributed by atoms with E-state index in [1.165, 1.54) is 18.3 Å². The third kappa shape index (κ3) is 4.90. The van der Waals surface area contributed by atoms with Crippen molar-refractivity contribution in [1.82, 2.24) is 15.1 Å². The van der Waals surface area contributed by atoms with Gasteiger partial charge in [-0.25, -0.2) is 0 Å². The molecule has 5 rings (SSSR count). The quantitative estimate of drug-likeness (QED) is 0.198. The standard InChI is InChI=1S/C25H36B8N4O6/c26-21(41)17(18(38)34-20(40)22(21,27)42)37-19(39)14-5-2-6-15(16(14)25(37,32)33)35-23(28,29)12-3-1-4-13(11-12)24(30,31)36-7-9-43-10-8-36/h1-6,11,17,35,41-42H,7-10,26-33H2,(H,34,38,40). The van der Waals surface area contributed by atoms with Crippen molar-refractivity contribution in [3.05, 3.63) is 64.7 Å². The largest absolute Gasteiger partial charge is 0.394 e. The second-order valence-electron chi connectivity index (χ2n) is 13.9. The van der Waals surface area contributed by atoms with Crippen LogP contribution in [0.4, 0.5) is 5.69 Å². The van der Waals surface area contributed by atoms with E-state index in [-0.39, 0.29) is 5.34 Å². The highest BCUT2D eigenvalue weighted by Gasteiger charge is 2.64. The summed E-state index contributed by atoms with van der Waals surface area (Å²) < 4.78 is 5.57. The summed E-state index contributed by atoms with van der Waals surface area (Å²) in [5, 5.41) is 26.3.